The van der Waals surface area contributed by atoms with Gasteiger partial charge in [0.05, 0.1) is 21.9 Å². The van der Waals surface area contributed by atoms with Crippen molar-refractivity contribution >= 4 is 35.1 Å². The van der Waals surface area contributed by atoms with Gasteiger partial charge in [-0.05, 0) is 59.1 Å². The van der Waals surface area contributed by atoms with Crippen molar-refractivity contribution in [3.63, 3.8) is 0 Å². The minimum absolute atomic E-state index is 0.254. The SMILES string of the molecule is O=C(O)C1CN(C2CCc3cc(-c4cccc(-c5cccc(-c6ccc7c(c6)CCC7N6CC(C(=O)O)C6)c5Cl)c4Cl)ccc32)C1. The van der Waals surface area contributed by atoms with Crippen LogP contribution < -0.4 is 0 Å². The van der Waals surface area contributed by atoms with E-state index in [0.717, 1.165) is 59.1 Å². The predicted molar refractivity (Wildman–Crippen MR) is 180 cm³/mol. The molecule has 46 heavy (non-hydrogen) atoms. The summed E-state index contributed by atoms with van der Waals surface area (Å²) in [4.78, 5) is 27.2. The number of benzene rings is 4. The van der Waals surface area contributed by atoms with E-state index in [4.69, 9.17) is 23.2 Å². The van der Waals surface area contributed by atoms with E-state index < -0.39 is 11.9 Å². The molecule has 4 aromatic rings. The molecule has 8 rings (SSSR count). The van der Waals surface area contributed by atoms with Crippen molar-refractivity contribution in [2.75, 3.05) is 26.2 Å². The van der Waals surface area contributed by atoms with E-state index in [1.54, 1.807) is 0 Å². The minimum Gasteiger partial charge on any atom is -0.481 e. The highest BCUT2D eigenvalue weighted by atomic mass is 35.5. The Morgan fingerprint density at radius 1 is 0.587 bits per heavy atom. The summed E-state index contributed by atoms with van der Waals surface area (Å²) in [5.41, 5.74) is 11.0. The number of aliphatic carboxylic acids is 2. The number of hydrogen-bond donors (Lipinski definition) is 2. The number of aryl methyl sites for hydroxylation is 2. The molecule has 2 heterocycles. The largest absolute Gasteiger partial charge is 0.481 e. The Kier molecular flexibility index (Phi) is 7.45. The lowest BCUT2D eigenvalue weighted by atomic mass is 9.92. The molecule has 0 saturated carbocycles. The molecule has 0 spiro atoms. The molecule has 0 amide bonds. The Labute approximate surface area is 278 Å². The summed E-state index contributed by atoms with van der Waals surface area (Å²) in [5.74, 6) is -1.91. The van der Waals surface area contributed by atoms with Crippen LogP contribution in [0.1, 0.15) is 47.2 Å². The van der Waals surface area contributed by atoms with Crippen LogP contribution in [-0.2, 0) is 22.4 Å². The first-order valence-corrected chi connectivity index (χ1v) is 16.8. The number of carboxylic acids is 2. The Morgan fingerprint density at radius 3 is 1.37 bits per heavy atom. The van der Waals surface area contributed by atoms with Gasteiger partial charge in [0, 0.05) is 60.5 Å². The Balaban J connectivity index is 1.05. The zero-order valence-corrected chi connectivity index (χ0v) is 26.8. The molecule has 6 nitrogen and oxygen atoms in total. The number of carboxylic acid groups (broad SMARTS) is 2. The number of halogens is 2. The summed E-state index contributed by atoms with van der Waals surface area (Å²) in [7, 11) is 0. The Morgan fingerprint density at radius 2 is 0.978 bits per heavy atom. The number of carbonyl (C=O) groups is 2. The normalized spacial score (nSPS) is 21.4. The fourth-order valence-corrected chi connectivity index (χ4v) is 8.73. The molecular formula is C38H34Cl2N2O4. The third-order valence-electron chi connectivity index (χ3n) is 10.7. The van der Waals surface area contributed by atoms with E-state index >= 15 is 0 Å². The number of likely N-dealkylation sites (tertiary alicyclic amines) is 2. The van der Waals surface area contributed by atoms with Gasteiger partial charge in [-0.25, -0.2) is 0 Å². The van der Waals surface area contributed by atoms with Gasteiger partial charge in [-0.3, -0.25) is 19.4 Å². The lowest BCUT2D eigenvalue weighted by Crippen LogP contribution is -2.51. The zero-order chi connectivity index (χ0) is 31.7. The van der Waals surface area contributed by atoms with Crippen molar-refractivity contribution in [1.29, 1.82) is 0 Å². The molecule has 2 unspecified atom stereocenters. The lowest BCUT2D eigenvalue weighted by molar-refractivity contribution is -0.149. The van der Waals surface area contributed by atoms with Crippen LogP contribution in [0.5, 0.6) is 0 Å². The van der Waals surface area contributed by atoms with Gasteiger partial charge >= 0.3 is 11.9 Å². The second-order valence-electron chi connectivity index (χ2n) is 13.2. The summed E-state index contributed by atoms with van der Waals surface area (Å²) in [6.45, 7) is 2.48. The molecular weight excluding hydrogens is 619 g/mol. The molecule has 2 aliphatic carbocycles. The predicted octanol–water partition coefficient (Wildman–Crippen LogP) is 8.00. The molecule has 2 saturated heterocycles. The van der Waals surface area contributed by atoms with Crippen molar-refractivity contribution in [1.82, 2.24) is 9.80 Å². The minimum atomic E-state index is -0.702. The summed E-state index contributed by atoms with van der Waals surface area (Å²) < 4.78 is 0. The molecule has 2 fully saturated rings. The maximum absolute atomic E-state index is 11.3. The van der Waals surface area contributed by atoms with E-state index in [0.29, 0.717) is 36.2 Å². The van der Waals surface area contributed by atoms with Gasteiger partial charge in [-0.1, -0.05) is 96.0 Å². The molecule has 0 bridgehead atoms. The molecule has 0 radical (unpaired) electrons. The van der Waals surface area contributed by atoms with Gasteiger partial charge in [0.2, 0.25) is 0 Å². The average Bonchev–Trinajstić information content (AvgIpc) is 3.60. The van der Waals surface area contributed by atoms with E-state index in [1.807, 2.05) is 24.3 Å². The average molecular weight is 654 g/mol. The number of nitrogens with zero attached hydrogens (tertiary/aromatic N) is 2. The Hall–Kier alpha value is -3.68. The molecule has 2 aliphatic heterocycles. The maximum Gasteiger partial charge on any atom is 0.309 e. The van der Waals surface area contributed by atoms with Crippen molar-refractivity contribution in [3.8, 4) is 33.4 Å². The van der Waals surface area contributed by atoms with Crippen molar-refractivity contribution in [2.45, 2.75) is 37.8 Å². The van der Waals surface area contributed by atoms with E-state index in [-0.39, 0.29) is 23.9 Å². The highest BCUT2D eigenvalue weighted by Gasteiger charge is 2.40. The number of rotatable bonds is 7. The van der Waals surface area contributed by atoms with Crippen LogP contribution >= 0.6 is 23.2 Å². The van der Waals surface area contributed by atoms with Crippen molar-refractivity contribution in [2.24, 2.45) is 11.8 Å². The molecule has 0 aromatic heterocycles. The van der Waals surface area contributed by atoms with Gasteiger partial charge in [0.25, 0.3) is 0 Å². The quantitative estimate of drug-likeness (QED) is 0.211. The molecule has 8 heteroatoms. The van der Waals surface area contributed by atoms with Crippen molar-refractivity contribution < 1.29 is 19.8 Å². The van der Waals surface area contributed by atoms with Crippen LogP contribution in [0.3, 0.4) is 0 Å². The van der Waals surface area contributed by atoms with Crippen LogP contribution in [0, 0.1) is 11.8 Å². The standard InChI is InChI=1S/C38H34Cl2N2O4/c39-35-29(23-7-11-27-21(15-23)9-13-33(27)41-17-25(18-41)37(43)44)3-1-5-31(35)32-6-2-4-30(36(32)40)24-8-12-28-22(16-24)10-14-34(28)42-19-26(20-42)38(45)46/h1-8,11-12,15-16,25-26,33-34H,9-10,13-14,17-20H2,(H,43,44)(H,45,46). The first-order valence-electron chi connectivity index (χ1n) is 16.0. The first-order chi connectivity index (χ1) is 22.3. The van der Waals surface area contributed by atoms with Crippen molar-refractivity contribution in [3.05, 3.63) is 105 Å². The first kappa shape index (κ1) is 29.7. The summed E-state index contributed by atoms with van der Waals surface area (Å²) in [6, 6.07) is 25.9. The highest BCUT2D eigenvalue weighted by molar-refractivity contribution is 6.39. The number of hydrogen-bond acceptors (Lipinski definition) is 4. The van der Waals surface area contributed by atoms with Crippen LogP contribution in [0.15, 0.2) is 72.8 Å². The van der Waals surface area contributed by atoms with Gasteiger partial charge < -0.3 is 10.2 Å². The Bertz CT molecular complexity index is 1760. The fraction of sp³-hybridized carbons (Fsp3) is 0.316. The lowest BCUT2D eigenvalue weighted by Gasteiger charge is -2.41. The maximum atomic E-state index is 11.3. The monoisotopic (exact) mass is 652 g/mol. The molecule has 4 aromatic carbocycles. The second-order valence-corrected chi connectivity index (χ2v) is 14.0. The van der Waals surface area contributed by atoms with E-state index in [2.05, 4.69) is 58.3 Å². The van der Waals surface area contributed by atoms with Crippen LogP contribution in [0.4, 0.5) is 0 Å². The third-order valence-corrected chi connectivity index (χ3v) is 11.5. The van der Waals surface area contributed by atoms with Crippen LogP contribution in [-0.4, -0.2) is 58.1 Å². The summed E-state index contributed by atoms with van der Waals surface area (Å²) in [5, 5.41) is 19.9. The highest BCUT2D eigenvalue weighted by Crippen LogP contribution is 2.46. The fourth-order valence-electron chi connectivity index (χ4n) is 8.06. The summed E-state index contributed by atoms with van der Waals surface area (Å²) in [6.07, 6.45) is 3.95. The molecule has 2 N–H and O–H groups in total. The van der Waals surface area contributed by atoms with Gasteiger partial charge in [0.15, 0.2) is 0 Å². The van der Waals surface area contributed by atoms with E-state index in [1.165, 1.54) is 22.3 Å². The zero-order valence-electron chi connectivity index (χ0n) is 25.3. The van der Waals surface area contributed by atoms with Crippen LogP contribution in [0.25, 0.3) is 33.4 Å². The van der Waals surface area contributed by atoms with Gasteiger partial charge in [0.1, 0.15) is 0 Å². The topological polar surface area (TPSA) is 81.1 Å². The van der Waals surface area contributed by atoms with Gasteiger partial charge in [-0.15, -0.1) is 0 Å². The smallest absolute Gasteiger partial charge is 0.309 e. The third kappa shape index (κ3) is 4.94. The molecule has 234 valence electrons. The second kappa shape index (κ2) is 11.5. The van der Waals surface area contributed by atoms with Gasteiger partial charge in [-0.2, -0.15) is 0 Å². The van der Waals surface area contributed by atoms with E-state index in [9.17, 15) is 19.8 Å². The number of fused-ring (bicyclic) bond motifs is 2. The molecule has 4 aliphatic rings. The summed E-state index contributed by atoms with van der Waals surface area (Å²) >= 11 is 14.3. The molecule has 2 atom stereocenters. The van der Waals surface area contributed by atoms with Crippen LogP contribution in [0.2, 0.25) is 10.0 Å².